The Bertz CT molecular complexity index is 2760. The second-order valence-corrected chi connectivity index (χ2v) is 21.3. The predicted octanol–water partition coefficient (Wildman–Crippen LogP) is 15.4. The van der Waals surface area contributed by atoms with Crippen LogP contribution in [0.5, 0.6) is 0 Å². The molecule has 17 rings (SSSR count). The fourth-order valence-corrected chi connectivity index (χ4v) is 17.3. The van der Waals surface area contributed by atoms with Gasteiger partial charge in [0.05, 0.1) is 0 Å². The fraction of sp³-hybridized carbons (Fsp3) is 0.333. The molecule has 0 radical (unpaired) electrons. The molecule has 0 N–H and O–H groups in total. The van der Waals surface area contributed by atoms with Crippen molar-refractivity contribution in [2.24, 2.45) is 47.3 Å². The highest BCUT2D eigenvalue weighted by Crippen LogP contribution is 2.71. The first kappa shape index (κ1) is 34.2. The molecule has 1 heteroatoms. The molecule has 0 atom stereocenters. The van der Waals surface area contributed by atoms with E-state index in [1.165, 1.54) is 125 Å². The van der Waals surface area contributed by atoms with Crippen LogP contribution in [0.15, 0.2) is 152 Å². The van der Waals surface area contributed by atoms with Gasteiger partial charge < -0.3 is 4.90 Å². The lowest BCUT2D eigenvalue weighted by atomic mass is 9.43. The van der Waals surface area contributed by atoms with Crippen LogP contribution in [0.2, 0.25) is 0 Å². The lowest BCUT2D eigenvalue weighted by Crippen LogP contribution is -2.55. The van der Waals surface area contributed by atoms with Crippen LogP contribution in [0, 0.1) is 47.3 Å². The molecule has 2 spiro atoms. The van der Waals surface area contributed by atoms with Gasteiger partial charge in [-0.05, 0) is 214 Å². The van der Waals surface area contributed by atoms with Gasteiger partial charge in [-0.15, -0.1) is 0 Å². The van der Waals surface area contributed by atoms with Gasteiger partial charge in [0.25, 0.3) is 0 Å². The van der Waals surface area contributed by atoms with Gasteiger partial charge in [0.1, 0.15) is 0 Å². The van der Waals surface area contributed by atoms with Crippen LogP contribution in [-0.2, 0) is 10.8 Å². The highest BCUT2D eigenvalue weighted by Gasteiger charge is 2.63. The summed E-state index contributed by atoms with van der Waals surface area (Å²) in [5.74, 6) is 6.68. The normalized spacial score (nSPS) is 32.4. The first-order valence-corrected chi connectivity index (χ1v) is 24.0. The third-order valence-corrected chi connectivity index (χ3v) is 18.8. The summed E-state index contributed by atoms with van der Waals surface area (Å²) < 4.78 is 0. The molecular weight excluding hydrogens is 735 g/mol. The molecule has 0 aromatic heterocycles. The van der Waals surface area contributed by atoms with Crippen molar-refractivity contribution >= 4 is 27.8 Å². The second-order valence-electron chi connectivity index (χ2n) is 21.3. The average Bonchev–Trinajstić information content (AvgIpc) is 3.75. The van der Waals surface area contributed by atoms with E-state index in [2.05, 4.69) is 157 Å². The average molecular weight is 788 g/mol. The third kappa shape index (κ3) is 4.39. The maximum Gasteiger partial charge on any atom is 0.0465 e. The summed E-state index contributed by atoms with van der Waals surface area (Å²) in [7, 11) is 0. The van der Waals surface area contributed by atoms with E-state index in [0.717, 1.165) is 47.3 Å². The minimum absolute atomic E-state index is 0.128. The molecule has 8 saturated carbocycles. The first-order valence-electron chi connectivity index (χ1n) is 24.0. The second kappa shape index (κ2) is 12.2. The van der Waals surface area contributed by atoms with Crippen LogP contribution in [0.3, 0.4) is 0 Å². The molecule has 0 amide bonds. The van der Waals surface area contributed by atoms with E-state index in [0.29, 0.717) is 0 Å². The zero-order chi connectivity index (χ0) is 39.6. The van der Waals surface area contributed by atoms with Crippen molar-refractivity contribution in [3.05, 3.63) is 174 Å². The highest BCUT2D eigenvalue weighted by molar-refractivity contribution is 5.97. The molecule has 7 aromatic rings. The largest absolute Gasteiger partial charge is 0.310 e. The molecule has 10 aliphatic carbocycles. The summed E-state index contributed by atoms with van der Waals surface area (Å²) >= 11 is 0. The van der Waals surface area contributed by atoms with Crippen molar-refractivity contribution in [1.29, 1.82) is 0 Å². The van der Waals surface area contributed by atoms with Crippen LogP contribution in [-0.4, -0.2) is 0 Å². The standard InChI is InChI=1S/C60H53N/c1-2-10-49-40(8-1)9-7-13-50(49)41-16-18-46(19-17-41)61(47-20-22-53-51-11-3-5-14-55(51)59(57(53)34-47)42-26-36-24-37(28-42)29-43(59)27-36)48-21-23-54-52-12-4-6-15-56(52)60(58(54)35-48)44-30-38-25-39(32-44)33-45(60)31-38/h1-23,34-39,42-45H,24-33H2. The zero-order valence-electron chi connectivity index (χ0n) is 35.1. The van der Waals surface area contributed by atoms with Crippen LogP contribution in [0.4, 0.5) is 17.1 Å². The van der Waals surface area contributed by atoms with E-state index >= 15 is 0 Å². The Labute approximate surface area is 360 Å². The summed E-state index contributed by atoms with van der Waals surface area (Å²) in [6, 6.07) is 59.8. The van der Waals surface area contributed by atoms with Gasteiger partial charge in [0.15, 0.2) is 0 Å². The van der Waals surface area contributed by atoms with E-state index in [1.54, 1.807) is 22.3 Å². The number of hydrogen-bond acceptors (Lipinski definition) is 1. The Morgan fingerprint density at radius 1 is 0.328 bits per heavy atom. The molecule has 7 aromatic carbocycles. The van der Waals surface area contributed by atoms with Crippen molar-refractivity contribution in [2.45, 2.75) is 75.0 Å². The van der Waals surface area contributed by atoms with E-state index in [9.17, 15) is 0 Å². The molecule has 8 fully saturated rings. The summed E-state index contributed by atoms with van der Waals surface area (Å²) in [5, 5.41) is 2.61. The summed E-state index contributed by atoms with van der Waals surface area (Å²) in [6.45, 7) is 0. The molecule has 1 nitrogen and oxygen atoms in total. The minimum Gasteiger partial charge on any atom is -0.310 e. The van der Waals surface area contributed by atoms with Crippen molar-refractivity contribution in [3.63, 3.8) is 0 Å². The molecule has 0 heterocycles. The Morgan fingerprint density at radius 2 is 0.738 bits per heavy atom. The van der Waals surface area contributed by atoms with Crippen LogP contribution in [0.1, 0.15) is 86.5 Å². The fourth-order valence-electron chi connectivity index (χ4n) is 17.3. The van der Waals surface area contributed by atoms with Crippen molar-refractivity contribution in [3.8, 4) is 33.4 Å². The predicted molar refractivity (Wildman–Crippen MR) is 251 cm³/mol. The number of nitrogens with zero attached hydrogens (tertiary/aromatic N) is 1. The van der Waals surface area contributed by atoms with Crippen molar-refractivity contribution in [2.75, 3.05) is 4.90 Å². The van der Waals surface area contributed by atoms with E-state index in [1.807, 2.05) is 0 Å². The molecule has 10 aliphatic rings. The van der Waals surface area contributed by atoms with Gasteiger partial charge in [0, 0.05) is 27.9 Å². The van der Waals surface area contributed by atoms with Gasteiger partial charge in [-0.25, -0.2) is 0 Å². The van der Waals surface area contributed by atoms with Gasteiger partial charge in [0.2, 0.25) is 0 Å². The van der Waals surface area contributed by atoms with Gasteiger partial charge >= 0.3 is 0 Å². The van der Waals surface area contributed by atoms with Crippen molar-refractivity contribution in [1.82, 2.24) is 0 Å². The van der Waals surface area contributed by atoms with Crippen LogP contribution < -0.4 is 4.90 Å². The molecule has 0 unspecified atom stereocenters. The molecule has 298 valence electrons. The monoisotopic (exact) mass is 787 g/mol. The maximum absolute atomic E-state index is 2.71. The number of fused-ring (bicyclic) bond motifs is 7. The summed E-state index contributed by atoms with van der Waals surface area (Å²) in [4.78, 5) is 2.66. The first-order chi connectivity index (χ1) is 30.1. The lowest BCUT2D eigenvalue weighted by molar-refractivity contribution is -0.0399. The zero-order valence-corrected chi connectivity index (χ0v) is 35.1. The molecule has 0 aliphatic heterocycles. The van der Waals surface area contributed by atoms with E-state index < -0.39 is 0 Å². The smallest absolute Gasteiger partial charge is 0.0465 e. The summed E-state index contributed by atoms with van der Waals surface area (Å²) in [6.07, 6.45) is 14.2. The van der Waals surface area contributed by atoms with Gasteiger partial charge in [-0.2, -0.15) is 0 Å². The lowest BCUT2D eigenvalue weighted by Gasteiger charge is -2.61. The SMILES string of the molecule is c1ccc2c(c1)-c1ccc(N(c3ccc(-c4cccc5ccccc45)cc3)c3ccc4c(c3)C3(c5ccccc5-4)C4CC5CC(C4)CC3C5)cc1C21C2CC3CC(C2)CC1C3. The number of hydrogen-bond donors (Lipinski definition) is 0. The summed E-state index contributed by atoms with van der Waals surface area (Å²) in [5.41, 5.74) is 19.2. The van der Waals surface area contributed by atoms with E-state index in [4.69, 9.17) is 0 Å². The third-order valence-electron chi connectivity index (χ3n) is 18.8. The van der Waals surface area contributed by atoms with Crippen molar-refractivity contribution < 1.29 is 0 Å². The highest BCUT2D eigenvalue weighted by atomic mass is 15.1. The van der Waals surface area contributed by atoms with Gasteiger partial charge in [-0.3, -0.25) is 0 Å². The Morgan fingerprint density at radius 3 is 1.26 bits per heavy atom. The van der Waals surface area contributed by atoms with E-state index in [-0.39, 0.29) is 10.8 Å². The quantitative estimate of drug-likeness (QED) is 0.172. The Kier molecular flexibility index (Phi) is 6.82. The molecule has 61 heavy (non-hydrogen) atoms. The minimum atomic E-state index is 0.128. The number of rotatable bonds is 4. The maximum atomic E-state index is 2.71. The molecule has 8 bridgehead atoms. The molecular formula is C60H53N. The van der Waals surface area contributed by atoms with Gasteiger partial charge in [-0.1, -0.05) is 115 Å². The Hall–Kier alpha value is -5.40. The molecule has 0 saturated heterocycles. The van der Waals surface area contributed by atoms with Crippen LogP contribution in [0.25, 0.3) is 44.2 Å². The number of anilines is 3. The Balaban J connectivity index is 0.935. The van der Waals surface area contributed by atoms with Crippen LogP contribution >= 0.6 is 0 Å². The topological polar surface area (TPSA) is 3.24 Å². The number of benzene rings is 7.